The van der Waals surface area contributed by atoms with Crippen LogP contribution in [0, 0.1) is 6.92 Å². The van der Waals surface area contributed by atoms with Crippen LogP contribution in [0.3, 0.4) is 0 Å². The van der Waals surface area contributed by atoms with E-state index in [1.807, 2.05) is 0 Å². The van der Waals surface area contributed by atoms with Crippen molar-refractivity contribution in [2.75, 3.05) is 33.3 Å². The molecule has 1 aromatic heterocycles. The van der Waals surface area contributed by atoms with Crippen LogP contribution in [0.2, 0.25) is 0 Å². The number of hydrogen-bond donors (Lipinski definition) is 0. The van der Waals surface area contributed by atoms with Gasteiger partial charge in [-0.15, -0.1) is 0 Å². The maximum absolute atomic E-state index is 12.2. The molecule has 0 aliphatic rings. The van der Waals surface area contributed by atoms with E-state index in [1.165, 1.54) is 20.3 Å². The smallest absolute Gasteiger partial charge is 0.339 e. The summed E-state index contributed by atoms with van der Waals surface area (Å²) in [7, 11) is 6.02. The van der Waals surface area contributed by atoms with Crippen LogP contribution in [0.1, 0.15) is 41.0 Å². The lowest BCUT2D eigenvalue weighted by Gasteiger charge is -2.23. The molecule has 0 saturated carbocycles. The lowest BCUT2D eigenvalue weighted by atomic mass is 9.98. The summed E-state index contributed by atoms with van der Waals surface area (Å²) in [5, 5.41) is 1.69. The summed E-state index contributed by atoms with van der Waals surface area (Å²) in [6.45, 7) is 3.40. The van der Waals surface area contributed by atoms with E-state index in [4.69, 9.17) is 9.47 Å². The van der Waals surface area contributed by atoms with E-state index < -0.39 is 17.9 Å². The van der Waals surface area contributed by atoms with Crippen molar-refractivity contribution >= 4 is 17.7 Å². The van der Waals surface area contributed by atoms with E-state index in [-0.39, 0.29) is 12.2 Å². The number of Topliss-reactive ketones (excluding diaryl/α,β-unsaturated/α-hetero) is 1. The van der Waals surface area contributed by atoms with E-state index >= 15 is 0 Å². The molecule has 1 rings (SSSR count). The first-order chi connectivity index (χ1) is 10.3. The Morgan fingerprint density at radius 1 is 1.23 bits per heavy atom. The fraction of sp³-hybridized carbons (Fsp3) is 0.533. The number of esters is 2. The van der Waals surface area contributed by atoms with Gasteiger partial charge < -0.3 is 14.5 Å². The topological polar surface area (TPSA) is 77.8 Å². The van der Waals surface area contributed by atoms with Gasteiger partial charge in [-0.05, 0) is 13.0 Å². The van der Waals surface area contributed by atoms with Crippen molar-refractivity contribution in [2.45, 2.75) is 26.2 Å². The van der Waals surface area contributed by atoms with Gasteiger partial charge in [0.05, 0.1) is 31.2 Å². The van der Waals surface area contributed by atoms with Crippen LogP contribution in [0.15, 0.2) is 6.07 Å². The predicted molar refractivity (Wildman–Crippen MR) is 80.6 cm³/mol. The Morgan fingerprint density at radius 2 is 1.82 bits per heavy atom. The molecule has 7 nitrogen and oxygen atoms in total. The second kappa shape index (κ2) is 7.11. The molecular formula is C15H22N2O5. The van der Waals surface area contributed by atoms with Crippen molar-refractivity contribution in [3.05, 3.63) is 23.0 Å². The third-order valence-electron chi connectivity index (χ3n) is 3.45. The van der Waals surface area contributed by atoms with Gasteiger partial charge in [-0.25, -0.2) is 4.79 Å². The summed E-state index contributed by atoms with van der Waals surface area (Å²) in [5.41, 5.74) is 1.29. The number of carbonyl (C=O) groups excluding carboxylic acids is 3. The molecule has 1 atom stereocenters. The van der Waals surface area contributed by atoms with E-state index in [0.29, 0.717) is 17.0 Å². The van der Waals surface area contributed by atoms with Crippen molar-refractivity contribution in [3.8, 4) is 0 Å². The molecule has 0 radical (unpaired) electrons. The normalized spacial score (nSPS) is 11.7. The standard InChI is InChI=1S/C15H22N2O5/c1-7-12(18)13(15(20)22-6)11-8-10(14(19)21-5)9(2)17(11)16(3)4/h8,13H,7H2,1-6H3. The highest BCUT2D eigenvalue weighted by Crippen LogP contribution is 2.26. The lowest BCUT2D eigenvalue weighted by molar-refractivity contribution is -0.145. The highest BCUT2D eigenvalue weighted by molar-refractivity contribution is 6.04. The summed E-state index contributed by atoms with van der Waals surface area (Å²) >= 11 is 0. The van der Waals surface area contributed by atoms with Gasteiger partial charge in [-0.3, -0.25) is 14.3 Å². The van der Waals surface area contributed by atoms with Crippen LogP contribution in [-0.2, 0) is 19.1 Å². The van der Waals surface area contributed by atoms with Crippen LogP contribution in [0.5, 0.6) is 0 Å². The quantitative estimate of drug-likeness (QED) is 0.576. The van der Waals surface area contributed by atoms with Crippen LogP contribution in [0.4, 0.5) is 0 Å². The average Bonchev–Trinajstić information content (AvgIpc) is 2.83. The monoisotopic (exact) mass is 310 g/mol. The number of methoxy groups -OCH3 is 2. The second-order valence-electron chi connectivity index (χ2n) is 4.99. The van der Waals surface area contributed by atoms with Crippen LogP contribution in [0.25, 0.3) is 0 Å². The van der Waals surface area contributed by atoms with Crippen LogP contribution < -0.4 is 5.01 Å². The van der Waals surface area contributed by atoms with Crippen molar-refractivity contribution < 1.29 is 23.9 Å². The van der Waals surface area contributed by atoms with E-state index in [9.17, 15) is 14.4 Å². The SMILES string of the molecule is CCC(=O)C(C(=O)OC)c1cc(C(=O)OC)c(C)n1N(C)C. The summed E-state index contributed by atoms with van der Waals surface area (Å²) < 4.78 is 11.1. The number of carbonyl (C=O) groups is 3. The number of nitrogens with zero attached hydrogens (tertiary/aromatic N) is 2. The molecule has 0 N–H and O–H groups in total. The summed E-state index contributed by atoms with van der Waals surface area (Å²) in [5.74, 6) is -2.52. The molecular weight excluding hydrogens is 288 g/mol. The zero-order valence-electron chi connectivity index (χ0n) is 13.8. The summed E-state index contributed by atoms with van der Waals surface area (Å²) in [4.78, 5) is 36.1. The molecule has 0 aliphatic carbocycles. The molecule has 1 heterocycles. The molecule has 0 aromatic carbocycles. The number of ether oxygens (including phenoxy) is 2. The molecule has 0 bridgehead atoms. The Balaban J connectivity index is 3.57. The third kappa shape index (κ3) is 3.13. The highest BCUT2D eigenvalue weighted by atomic mass is 16.5. The fourth-order valence-corrected chi connectivity index (χ4v) is 2.41. The molecule has 0 aliphatic heterocycles. The molecule has 7 heteroatoms. The van der Waals surface area contributed by atoms with Gasteiger partial charge >= 0.3 is 11.9 Å². The van der Waals surface area contributed by atoms with E-state index in [0.717, 1.165) is 0 Å². The number of ketones is 1. The van der Waals surface area contributed by atoms with Gasteiger partial charge in [0.25, 0.3) is 0 Å². The van der Waals surface area contributed by atoms with Crippen molar-refractivity contribution in [1.82, 2.24) is 4.68 Å². The Bertz CT molecular complexity index is 573. The average molecular weight is 310 g/mol. The Hall–Kier alpha value is -2.31. The number of aromatic nitrogens is 1. The lowest BCUT2D eigenvalue weighted by Crippen LogP contribution is -2.33. The molecule has 122 valence electrons. The minimum atomic E-state index is -1.07. The van der Waals surface area contributed by atoms with Gasteiger partial charge in [0.2, 0.25) is 0 Å². The predicted octanol–water partition coefficient (Wildman–Crippen LogP) is 1.02. The Kier molecular flexibility index (Phi) is 5.73. The third-order valence-corrected chi connectivity index (χ3v) is 3.45. The first-order valence-corrected chi connectivity index (χ1v) is 6.88. The Labute approximate surface area is 129 Å². The van der Waals surface area contributed by atoms with Gasteiger partial charge in [-0.1, -0.05) is 6.92 Å². The summed E-state index contributed by atoms with van der Waals surface area (Å²) in [6.07, 6.45) is 0.185. The second-order valence-corrected chi connectivity index (χ2v) is 4.99. The van der Waals surface area contributed by atoms with Gasteiger partial charge in [0.1, 0.15) is 0 Å². The Morgan fingerprint density at radius 3 is 2.23 bits per heavy atom. The molecule has 1 aromatic rings. The van der Waals surface area contributed by atoms with Crippen LogP contribution in [-0.4, -0.2) is 50.7 Å². The van der Waals surface area contributed by atoms with Crippen molar-refractivity contribution in [1.29, 1.82) is 0 Å². The molecule has 22 heavy (non-hydrogen) atoms. The van der Waals surface area contributed by atoms with Crippen molar-refractivity contribution in [3.63, 3.8) is 0 Å². The molecule has 0 saturated heterocycles. The first-order valence-electron chi connectivity index (χ1n) is 6.88. The van der Waals surface area contributed by atoms with Crippen molar-refractivity contribution in [2.24, 2.45) is 0 Å². The maximum atomic E-state index is 12.2. The zero-order chi connectivity index (χ0) is 17.0. The molecule has 0 amide bonds. The number of hydrogen-bond acceptors (Lipinski definition) is 6. The molecule has 1 unspecified atom stereocenters. The highest BCUT2D eigenvalue weighted by Gasteiger charge is 2.34. The van der Waals surface area contributed by atoms with Crippen LogP contribution >= 0.6 is 0 Å². The first kappa shape index (κ1) is 17.7. The molecule has 0 fully saturated rings. The molecule has 0 spiro atoms. The maximum Gasteiger partial charge on any atom is 0.339 e. The minimum Gasteiger partial charge on any atom is -0.468 e. The van der Waals surface area contributed by atoms with Gasteiger partial charge in [-0.2, -0.15) is 0 Å². The number of rotatable bonds is 6. The van der Waals surface area contributed by atoms with E-state index in [2.05, 4.69) is 0 Å². The van der Waals surface area contributed by atoms with Gasteiger partial charge in [0.15, 0.2) is 11.7 Å². The van der Waals surface area contributed by atoms with E-state index in [1.54, 1.807) is 37.6 Å². The summed E-state index contributed by atoms with van der Waals surface area (Å²) in [6, 6.07) is 1.51. The largest absolute Gasteiger partial charge is 0.468 e. The minimum absolute atomic E-state index is 0.185. The van der Waals surface area contributed by atoms with Gasteiger partial charge in [0, 0.05) is 20.5 Å². The fourth-order valence-electron chi connectivity index (χ4n) is 2.41. The zero-order valence-corrected chi connectivity index (χ0v) is 13.8.